The molecule has 2 rings (SSSR count). The van der Waals surface area contributed by atoms with Crippen LogP contribution in [0, 0.1) is 5.92 Å². The number of amides is 2. The lowest BCUT2D eigenvalue weighted by molar-refractivity contribution is -0.127. The molecule has 1 atom stereocenters. The summed E-state index contributed by atoms with van der Waals surface area (Å²) in [7, 11) is 0. The third-order valence-corrected chi connectivity index (χ3v) is 4.89. The summed E-state index contributed by atoms with van der Waals surface area (Å²) in [5.74, 6) is 0.437. The summed E-state index contributed by atoms with van der Waals surface area (Å²) in [4.78, 5) is 32.9. The number of carbonyl (C=O) groups is 2. The van der Waals surface area contributed by atoms with E-state index in [1.807, 2.05) is 26.0 Å². The topological polar surface area (TPSA) is 104 Å². The van der Waals surface area contributed by atoms with E-state index in [0.717, 1.165) is 44.1 Å². The molecular weight excluding hydrogens is 451 g/mol. The van der Waals surface area contributed by atoms with Crippen molar-refractivity contribution in [3.63, 3.8) is 0 Å². The highest BCUT2D eigenvalue weighted by Crippen LogP contribution is 2.14. The molecule has 1 aliphatic heterocycles. The second-order valence-corrected chi connectivity index (χ2v) is 7.21. The largest absolute Gasteiger partial charge is 0.354 e. The zero-order valence-corrected chi connectivity index (χ0v) is 20.2. The van der Waals surface area contributed by atoms with Gasteiger partial charge in [0.25, 0.3) is 0 Å². The number of aromatic nitrogens is 1. The van der Waals surface area contributed by atoms with Crippen LogP contribution in [0.5, 0.6) is 0 Å². The zero-order valence-electron chi connectivity index (χ0n) is 17.8. The molecule has 2 heterocycles. The highest BCUT2D eigenvalue weighted by molar-refractivity contribution is 5.87. The van der Waals surface area contributed by atoms with Gasteiger partial charge in [0.05, 0.1) is 12.6 Å². The molecule has 0 spiro atoms. The molecule has 1 saturated heterocycles. The molecule has 1 aromatic rings. The quantitative estimate of drug-likeness (QED) is 0.511. The van der Waals surface area contributed by atoms with Crippen molar-refractivity contribution in [1.29, 1.82) is 0 Å². The van der Waals surface area contributed by atoms with Crippen LogP contribution in [0.25, 0.3) is 0 Å². The van der Waals surface area contributed by atoms with Crippen LogP contribution in [-0.2, 0) is 16.1 Å². The maximum Gasteiger partial charge on any atom is 0.239 e. The molecule has 0 aliphatic carbocycles. The molecule has 8 nitrogen and oxygen atoms in total. The minimum atomic E-state index is -0.603. The van der Waals surface area contributed by atoms with E-state index in [4.69, 9.17) is 5.73 Å². The van der Waals surface area contributed by atoms with Crippen LogP contribution in [0.3, 0.4) is 0 Å². The number of pyridine rings is 1. The maximum absolute atomic E-state index is 11.9. The Morgan fingerprint density at radius 1 is 1.10 bits per heavy atom. The van der Waals surface area contributed by atoms with Crippen molar-refractivity contribution in [3.05, 3.63) is 23.9 Å². The average molecular weight is 486 g/mol. The van der Waals surface area contributed by atoms with Crippen molar-refractivity contribution in [2.75, 3.05) is 44.2 Å². The molecule has 174 valence electrons. The van der Waals surface area contributed by atoms with Crippen LogP contribution in [0.1, 0.15) is 26.3 Å². The summed E-state index contributed by atoms with van der Waals surface area (Å²) >= 11 is 0. The van der Waals surface area contributed by atoms with Gasteiger partial charge in [-0.05, 0) is 24.1 Å². The number of likely N-dealkylation sites (N-methyl/N-ethyl adjacent to an activating group) is 1. The summed E-state index contributed by atoms with van der Waals surface area (Å²) in [6.45, 7) is 11.4. The Morgan fingerprint density at radius 3 is 2.23 bits per heavy atom. The van der Waals surface area contributed by atoms with Crippen LogP contribution in [-0.4, -0.2) is 67.0 Å². The van der Waals surface area contributed by atoms with Crippen LogP contribution in [0.15, 0.2) is 18.3 Å². The van der Waals surface area contributed by atoms with Crippen molar-refractivity contribution in [2.24, 2.45) is 11.7 Å². The number of halogens is 3. The van der Waals surface area contributed by atoms with Crippen LogP contribution >= 0.6 is 37.2 Å². The summed E-state index contributed by atoms with van der Waals surface area (Å²) in [5, 5.41) is 5.34. The molecule has 4 N–H and O–H groups in total. The lowest BCUT2D eigenvalue weighted by Crippen LogP contribution is -2.47. The summed E-state index contributed by atoms with van der Waals surface area (Å²) in [6.07, 6.45) is 1.79. The number of nitrogens with zero attached hydrogens (tertiary/aromatic N) is 3. The van der Waals surface area contributed by atoms with Gasteiger partial charge in [-0.2, -0.15) is 0 Å². The van der Waals surface area contributed by atoms with E-state index in [1.54, 1.807) is 6.20 Å². The van der Waals surface area contributed by atoms with Crippen molar-refractivity contribution >= 4 is 54.9 Å². The van der Waals surface area contributed by atoms with Crippen molar-refractivity contribution in [2.45, 2.75) is 33.4 Å². The summed E-state index contributed by atoms with van der Waals surface area (Å²) in [5.41, 5.74) is 6.66. The minimum Gasteiger partial charge on any atom is -0.354 e. The first-order valence-electron chi connectivity index (χ1n) is 9.63. The van der Waals surface area contributed by atoms with Gasteiger partial charge in [-0.25, -0.2) is 4.98 Å². The molecule has 0 bridgehead atoms. The average Bonchev–Trinajstić information content (AvgIpc) is 2.70. The fraction of sp³-hybridized carbons (Fsp3) is 0.632. The van der Waals surface area contributed by atoms with Gasteiger partial charge >= 0.3 is 0 Å². The molecule has 30 heavy (non-hydrogen) atoms. The fourth-order valence-electron chi connectivity index (χ4n) is 2.85. The Hall–Kier alpha value is -1.32. The second-order valence-electron chi connectivity index (χ2n) is 7.21. The predicted octanol–water partition coefficient (Wildman–Crippen LogP) is 1.20. The van der Waals surface area contributed by atoms with E-state index in [0.29, 0.717) is 6.54 Å². The molecule has 0 saturated carbocycles. The first-order chi connectivity index (χ1) is 12.9. The van der Waals surface area contributed by atoms with Crippen molar-refractivity contribution in [3.8, 4) is 0 Å². The highest BCUT2D eigenvalue weighted by Gasteiger charge is 2.18. The fourth-order valence-corrected chi connectivity index (χ4v) is 2.85. The third-order valence-electron chi connectivity index (χ3n) is 4.89. The van der Waals surface area contributed by atoms with E-state index >= 15 is 0 Å². The zero-order chi connectivity index (χ0) is 19.8. The Morgan fingerprint density at radius 2 is 1.73 bits per heavy atom. The highest BCUT2D eigenvalue weighted by atomic mass is 35.5. The number of anilines is 1. The third kappa shape index (κ3) is 9.66. The van der Waals surface area contributed by atoms with Crippen LogP contribution < -0.4 is 21.3 Å². The van der Waals surface area contributed by atoms with E-state index in [1.165, 1.54) is 0 Å². The Kier molecular flexibility index (Phi) is 15.9. The van der Waals surface area contributed by atoms with Gasteiger partial charge in [0.1, 0.15) is 5.82 Å². The van der Waals surface area contributed by atoms with Gasteiger partial charge in [0.15, 0.2) is 0 Å². The van der Waals surface area contributed by atoms with E-state index < -0.39 is 6.04 Å². The van der Waals surface area contributed by atoms with Gasteiger partial charge < -0.3 is 26.2 Å². The van der Waals surface area contributed by atoms with Crippen LogP contribution in [0.4, 0.5) is 5.82 Å². The molecule has 0 aromatic carbocycles. The van der Waals surface area contributed by atoms with E-state index in [2.05, 4.69) is 32.3 Å². The Labute approximate surface area is 197 Å². The normalized spacial score (nSPS) is 14.6. The van der Waals surface area contributed by atoms with Gasteiger partial charge in [-0.1, -0.05) is 26.8 Å². The number of carbonyl (C=O) groups excluding carboxylic acids is 2. The molecule has 1 aromatic heterocycles. The summed E-state index contributed by atoms with van der Waals surface area (Å²) in [6, 6.07) is 3.36. The van der Waals surface area contributed by atoms with Crippen molar-refractivity contribution in [1.82, 2.24) is 20.5 Å². The molecule has 1 aliphatic rings. The Balaban J connectivity index is 0. The van der Waals surface area contributed by atoms with E-state index in [9.17, 15) is 9.59 Å². The Bertz CT molecular complexity index is 625. The number of hydrogen-bond acceptors (Lipinski definition) is 6. The van der Waals surface area contributed by atoms with Crippen molar-refractivity contribution < 1.29 is 9.59 Å². The van der Waals surface area contributed by atoms with E-state index in [-0.39, 0.29) is 61.5 Å². The lowest BCUT2D eigenvalue weighted by atomic mass is 10.1. The summed E-state index contributed by atoms with van der Waals surface area (Å²) < 4.78 is 0. The molecule has 11 heteroatoms. The van der Waals surface area contributed by atoms with Gasteiger partial charge in [-0.3, -0.25) is 9.59 Å². The smallest absolute Gasteiger partial charge is 0.239 e. The number of nitrogens with two attached hydrogens (primary N) is 1. The first-order valence-corrected chi connectivity index (χ1v) is 9.63. The van der Waals surface area contributed by atoms with Gasteiger partial charge in [0.2, 0.25) is 11.8 Å². The lowest BCUT2D eigenvalue weighted by Gasteiger charge is -2.34. The van der Waals surface area contributed by atoms with Gasteiger partial charge in [0, 0.05) is 38.9 Å². The molecule has 1 fully saturated rings. The number of nitrogens with one attached hydrogen (secondary N) is 2. The predicted molar refractivity (Wildman–Crippen MR) is 128 cm³/mol. The molecule has 0 unspecified atom stereocenters. The number of rotatable bonds is 8. The standard InChI is InChI=1S/C19H32N6O2.3ClH/c1-4-24-7-9-25(10-8-24)16-6-5-15(11-21-16)12-22-17(26)13-23-19(27)18(20)14(2)3;;;/h5-6,11,14,18H,4,7-10,12-13,20H2,1-3H3,(H,22,26)(H,23,27);3*1H/t18-;;;/m0.../s1. The SMILES string of the molecule is CCN1CCN(c2ccc(CNC(=O)CNC(=O)[C@@H](N)C(C)C)cn2)CC1.Cl.Cl.Cl. The minimum absolute atomic E-state index is 0. The maximum atomic E-state index is 11.9. The van der Waals surface area contributed by atoms with Crippen LogP contribution in [0.2, 0.25) is 0 Å². The number of piperazine rings is 1. The second kappa shape index (κ2) is 15.5. The molecular formula is C19H35Cl3N6O2. The monoisotopic (exact) mass is 484 g/mol. The molecule has 2 amide bonds. The van der Waals surface area contributed by atoms with Gasteiger partial charge in [-0.15, -0.1) is 37.2 Å². The first kappa shape index (κ1) is 30.9. The molecule has 0 radical (unpaired) electrons. The number of hydrogen-bond donors (Lipinski definition) is 3.